The Morgan fingerprint density at radius 3 is 2.66 bits per heavy atom. The van der Waals surface area contributed by atoms with E-state index >= 15 is 0 Å². The summed E-state index contributed by atoms with van der Waals surface area (Å²) in [7, 11) is 1.85. The Kier molecular flexibility index (Phi) is 7.62. The summed E-state index contributed by atoms with van der Waals surface area (Å²) in [5.74, 6) is 0.409. The summed E-state index contributed by atoms with van der Waals surface area (Å²) in [5, 5.41) is 29.1. The van der Waals surface area contributed by atoms with E-state index < -0.39 is 11.5 Å². The first-order valence-electron chi connectivity index (χ1n) is 13.7. The number of rotatable bonds is 7. The Balaban J connectivity index is 1.43. The molecule has 0 spiro atoms. The molecule has 0 fully saturated rings. The Hall–Kier alpha value is -4.16. The number of nitrogens with one attached hydrogen (secondary N) is 2. The van der Waals surface area contributed by atoms with Gasteiger partial charge in [0.05, 0.1) is 29.2 Å². The zero-order valence-electron chi connectivity index (χ0n) is 24.3. The molecule has 5 rings (SSSR count). The van der Waals surface area contributed by atoms with Gasteiger partial charge in [-0.15, -0.1) is 10.2 Å². The predicted octanol–water partition coefficient (Wildman–Crippen LogP) is 3.75. The number of aryl methyl sites for hydroxylation is 1. The number of amides is 1. The molecule has 3 aromatic heterocycles. The van der Waals surface area contributed by atoms with Gasteiger partial charge in [0.15, 0.2) is 0 Å². The third kappa shape index (κ3) is 6.95. The summed E-state index contributed by atoms with van der Waals surface area (Å²) in [6.45, 7) is 11.2. The second-order valence-corrected chi connectivity index (χ2v) is 12.2. The van der Waals surface area contributed by atoms with E-state index in [0.717, 1.165) is 28.1 Å². The fourth-order valence-corrected chi connectivity index (χ4v) is 4.89. The number of aliphatic hydroxyl groups is 1. The van der Waals surface area contributed by atoms with Crippen LogP contribution in [-0.4, -0.2) is 64.5 Å². The van der Waals surface area contributed by atoms with Crippen LogP contribution in [-0.2, 0) is 19.0 Å². The molecule has 41 heavy (non-hydrogen) atoms. The number of carbonyl (C=O) groups excluding carboxylic acids is 1. The molecule has 4 heterocycles. The van der Waals surface area contributed by atoms with E-state index in [9.17, 15) is 9.90 Å². The minimum Gasteiger partial charge on any atom is -0.416 e. The van der Waals surface area contributed by atoms with Crippen LogP contribution >= 0.6 is 0 Å². The van der Waals surface area contributed by atoms with E-state index in [0.29, 0.717) is 37.9 Å². The lowest BCUT2D eigenvalue weighted by Gasteiger charge is -2.28. The summed E-state index contributed by atoms with van der Waals surface area (Å²) in [6, 6.07) is 7.72. The number of β-amino-alcohol motifs (C(OH)–C–C–N with tert-alkyl or cyclic N) is 1. The van der Waals surface area contributed by atoms with Gasteiger partial charge in [-0.25, -0.2) is 9.97 Å². The Morgan fingerprint density at radius 1 is 1.17 bits per heavy atom. The van der Waals surface area contributed by atoms with Crippen LogP contribution in [0.15, 0.2) is 47.3 Å². The van der Waals surface area contributed by atoms with Gasteiger partial charge in [0, 0.05) is 50.1 Å². The smallest absolute Gasteiger partial charge is 0.309 e. The minimum atomic E-state index is -0.868. The van der Waals surface area contributed by atoms with Crippen LogP contribution in [0.2, 0.25) is 0 Å². The van der Waals surface area contributed by atoms with Crippen molar-refractivity contribution in [1.82, 2.24) is 40.2 Å². The maximum atomic E-state index is 13.2. The Bertz CT molecular complexity index is 1530. The molecule has 12 nitrogen and oxygen atoms in total. The highest BCUT2D eigenvalue weighted by Gasteiger charge is 2.30. The number of nitrogens with zero attached hydrogens (tertiary/aromatic N) is 7. The van der Waals surface area contributed by atoms with Crippen molar-refractivity contribution in [3.63, 3.8) is 0 Å². The molecule has 1 atom stereocenters. The molecule has 0 saturated carbocycles. The van der Waals surface area contributed by atoms with Gasteiger partial charge >= 0.3 is 11.8 Å². The first-order valence-corrected chi connectivity index (χ1v) is 13.7. The lowest BCUT2D eigenvalue weighted by Crippen LogP contribution is -2.38. The molecule has 0 bridgehead atoms. The molecule has 1 aromatic carbocycles. The predicted molar refractivity (Wildman–Crippen MR) is 153 cm³/mol. The van der Waals surface area contributed by atoms with Gasteiger partial charge in [-0.3, -0.25) is 14.4 Å². The lowest BCUT2D eigenvalue weighted by molar-refractivity contribution is 0.0333. The zero-order chi connectivity index (χ0) is 29.4. The summed E-state index contributed by atoms with van der Waals surface area (Å²) in [4.78, 5) is 24.4. The van der Waals surface area contributed by atoms with Crippen LogP contribution in [0.5, 0.6) is 0 Å². The molecule has 216 valence electrons. The van der Waals surface area contributed by atoms with Gasteiger partial charge in [0.1, 0.15) is 0 Å². The van der Waals surface area contributed by atoms with E-state index in [-0.39, 0.29) is 17.3 Å². The van der Waals surface area contributed by atoms with Crippen molar-refractivity contribution in [2.75, 3.05) is 18.4 Å². The number of hydrogen-bond acceptors (Lipinski definition) is 10. The topological polar surface area (TPSA) is 147 Å². The van der Waals surface area contributed by atoms with Crippen LogP contribution in [0, 0.1) is 0 Å². The van der Waals surface area contributed by atoms with Gasteiger partial charge in [-0.2, -0.15) is 5.10 Å². The second kappa shape index (κ2) is 11.0. The molecule has 3 N–H and O–H groups in total. The molecular weight excluding hydrogens is 522 g/mol. The molecular formula is C29H37N9O3. The van der Waals surface area contributed by atoms with Crippen LogP contribution in [0.25, 0.3) is 11.3 Å². The van der Waals surface area contributed by atoms with Gasteiger partial charge in [0.25, 0.3) is 0 Å². The van der Waals surface area contributed by atoms with E-state index in [4.69, 9.17) is 9.40 Å². The molecule has 0 aliphatic carbocycles. The normalized spacial score (nSPS) is 16.2. The minimum absolute atomic E-state index is 0.0553. The van der Waals surface area contributed by atoms with Crippen LogP contribution in [0.1, 0.15) is 74.8 Å². The zero-order valence-corrected chi connectivity index (χ0v) is 24.3. The number of carbonyl (C=O) groups is 1. The average molecular weight is 560 g/mol. The number of anilines is 2. The Labute approximate surface area is 239 Å². The highest BCUT2D eigenvalue weighted by Crippen LogP contribution is 2.32. The number of fused-ring (bicyclic) bond motifs is 1. The van der Waals surface area contributed by atoms with Crippen molar-refractivity contribution in [3.8, 4) is 11.3 Å². The molecule has 1 aliphatic rings. The van der Waals surface area contributed by atoms with Crippen LogP contribution in [0.3, 0.4) is 0 Å². The van der Waals surface area contributed by atoms with Gasteiger partial charge < -0.3 is 20.2 Å². The maximum Gasteiger partial charge on any atom is 0.309 e. The third-order valence-corrected chi connectivity index (χ3v) is 6.74. The molecule has 1 aliphatic heterocycles. The summed E-state index contributed by atoms with van der Waals surface area (Å²) in [5.41, 5.74) is 3.28. The largest absolute Gasteiger partial charge is 0.416 e. The number of aromatic nitrogens is 6. The van der Waals surface area contributed by atoms with Crippen molar-refractivity contribution in [3.05, 3.63) is 65.8 Å². The average Bonchev–Trinajstić information content (AvgIpc) is 3.52. The van der Waals surface area contributed by atoms with Crippen LogP contribution in [0.4, 0.5) is 11.6 Å². The fraction of sp³-hybridized carbons (Fsp3) is 0.448. The molecule has 12 heteroatoms. The van der Waals surface area contributed by atoms with Crippen molar-refractivity contribution >= 4 is 17.5 Å². The van der Waals surface area contributed by atoms with E-state index in [1.165, 1.54) is 0 Å². The first kappa shape index (κ1) is 28.4. The van der Waals surface area contributed by atoms with Gasteiger partial charge in [-0.05, 0) is 43.5 Å². The quantitative estimate of drug-likeness (QED) is 0.306. The van der Waals surface area contributed by atoms with Crippen molar-refractivity contribution < 1.29 is 14.3 Å². The maximum absolute atomic E-state index is 13.2. The standard InChI is InChI=1S/C29H37N9O3/c1-28(2,3)26-36-35-25(41-26)24(39)33-23-10-12-38(17-29(4,5)40)15-19-13-18(7-8-21(19)23)22-9-11-30-27(34-22)32-20-14-31-37(6)16-20/h7-9,11,13-14,16,23,40H,10,12,15,17H2,1-6H3,(H,33,39)(H,30,32,34). The van der Waals surface area contributed by atoms with E-state index in [1.807, 2.05) is 52.2 Å². The SMILES string of the molecule is Cn1cc(Nc2nccc(-c3ccc4c(c3)CN(CC(C)(C)O)CCC4NC(=O)c3nnc(C(C)(C)C)o3)n2)cn1. The molecule has 1 amide bonds. The molecule has 4 aromatic rings. The highest BCUT2D eigenvalue weighted by molar-refractivity contribution is 5.89. The van der Waals surface area contributed by atoms with E-state index in [1.54, 1.807) is 30.9 Å². The molecule has 0 saturated heterocycles. The highest BCUT2D eigenvalue weighted by atomic mass is 16.4. The van der Waals surface area contributed by atoms with Gasteiger partial charge in [-0.1, -0.05) is 32.9 Å². The second-order valence-electron chi connectivity index (χ2n) is 12.2. The van der Waals surface area contributed by atoms with Gasteiger partial charge in [0.2, 0.25) is 11.8 Å². The van der Waals surface area contributed by atoms with Crippen molar-refractivity contribution in [2.24, 2.45) is 7.05 Å². The monoisotopic (exact) mass is 559 g/mol. The third-order valence-electron chi connectivity index (χ3n) is 6.74. The Morgan fingerprint density at radius 2 is 1.98 bits per heavy atom. The van der Waals surface area contributed by atoms with E-state index in [2.05, 4.69) is 41.9 Å². The molecule has 0 radical (unpaired) electrons. The number of hydrogen-bond donors (Lipinski definition) is 3. The van der Waals surface area contributed by atoms with Crippen molar-refractivity contribution in [2.45, 2.75) is 64.6 Å². The van der Waals surface area contributed by atoms with Crippen LogP contribution < -0.4 is 10.6 Å². The van der Waals surface area contributed by atoms with Crippen molar-refractivity contribution in [1.29, 1.82) is 0 Å². The molecule has 1 unspecified atom stereocenters. The first-order chi connectivity index (χ1) is 19.3. The summed E-state index contributed by atoms with van der Waals surface area (Å²) >= 11 is 0. The number of benzene rings is 1. The lowest BCUT2D eigenvalue weighted by atomic mass is 9.96. The summed E-state index contributed by atoms with van der Waals surface area (Å²) in [6.07, 6.45) is 5.93. The fourth-order valence-electron chi connectivity index (χ4n) is 4.89. The summed E-state index contributed by atoms with van der Waals surface area (Å²) < 4.78 is 7.39.